The molecule has 5 nitrogen and oxygen atoms in total. The Bertz CT molecular complexity index is 353. The number of carbonyl (C=O) groups is 1. The van der Waals surface area contributed by atoms with Gasteiger partial charge in [-0.2, -0.15) is 8.75 Å². The fraction of sp³-hybridized carbons (Fsp3) is 0.750. The van der Waals surface area contributed by atoms with Crippen LogP contribution < -0.4 is 10.6 Å². The highest BCUT2D eigenvalue weighted by molar-refractivity contribution is 6.99. The molecule has 2 rings (SSSR count). The predicted molar refractivity (Wildman–Crippen MR) is 79.0 cm³/mol. The Morgan fingerprint density at radius 1 is 1.26 bits per heavy atom. The molecule has 1 aliphatic carbocycles. The van der Waals surface area contributed by atoms with E-state index in [1.54, 1.807) is 0 Å². The Kier molecular flexibility index (Phi) is 7.93. The van der Waals surface area contributed by atoms with Gasteiger partial charge in [-0.25, -0.2) is 0 Å². The first-order valence-electron chi connectivity index (χ1n) is 6.65. The van der Waals surface area contributed by atoms with Crippen molar-refractivity contribution in [3.63, 3.8) is 0 Å². The van der Waals surface area contributed by atoms with E-state index in [0.717, 1.165) is 18.3 Å². The van der Waals surface area contributed by atoms with Gasteiger partial charge in [-0.3, -0.25) is 4.79 Å². The molecule has 1 saturated carbocycles. The molecule has 0 radical (unpaired) electrons. The molecule has 108 valence electrons. The smallest absolute Gasteiger partial charge is 0.272 e. The lowest BCUT2D eigenvalue weighted by molar-refractivity contribution is 0.0949. The van der Waals surface area contributed by atoms with Gasteiger partial charge in [0.1, 0.15) is 0 Å². The second-order valence-corrected chi connectivity index (χ2v) is 5.25. The summed E-state index contributed by atoms with van der Waals surface area (Å²) in [7, 11) is 0. The van der Waals surface area contributed by atoms with E-state index in [1.807, 2.05) is 0 Å². The molecule has 1 aliphatic rings. The summed E-state index contributed by atoms with van der Waals surface area (Å²) in [6.07, 6.45) is 9.42. The molecule has 1 amide bonds. The first kappa shape index (κ1) is 16.3. The van der Waals surface area contributed by atoms with Crippen molar-refractivity contribution in [1.82, 2.24) is 19.4 Å². The third-order valence-corrected chi connectivity index (χ3v) is 3.77. The molecule has 0 unspecified atom stereocenters. The SMILES string of the molecule is Cl.O=C(NCCNC1CCCCCC1)c1cnsn1. The third-order valence-electron chi connectivity index (χ3n) is 3.29. The first-order chi connectivity index (χ1) is 8.86. The summed E-state index contributed by atoms with van der Waals surface area (Å²) >= 11 is 1.06. The molecule has 1 aromatic heterocycles. The van der Waals surface area contributed by atoms with Crippen molar-refractivity contribution >= 4 is 30.0 Å². The summed E-state index contributed by atoms with van der Waals surface area (Å²) in [6.45, 7) is 1.47. The van der Waals surface area contributed by atoms with Crippen LogP contribution in [0.25, 0.3) is 0 Å². The van der Waals surface area contributed by atoms with Crippen LogP contribution in [0.15, 0.2) is 6.20 Å². The minimum absolute atomic E-state index is 0. The van der Waals surface area contributed by atoms with Gasteiger partial charge in [0.05, 0.1) is 17.9 Å². The van der Waals surface area contributed by atoms with E-state index >= 15 is 0 Å². The average Bonchev–Trinajstić information content (AvgIpc) is 2.80. The summed E-state index contributed by atoms with van der Waals surface area (Å²) < 4.78 is 7.70. The summed E-state index contributed by atoms with van der Waals surface area (Å²) in [5.41, 5.74) is 0.412. The van der Waals surface area contributed by atoms with Crippen LogP contribution in [0.2, 0.25) is 0 Å². The van der Waals surface area contributed by atoms with Gasteiger partial charge in [0, 0.05) is 19.1 Å². The number of amides is 1. The van der Waals surface area contributed by atoms with E-state index < -0.39 is 0 Å². The Balaban J connectivity index is 0.00000180. The molecular weight excluding hydrogens is 284 g/mol. The number of nitrogens with zero attached hydrogens (tertiary/aromatic N) is 2. The summed E-state index contributed by atoms with van der Waals surface area (Å²) in [5, 5.41) is 6.36. The molecule has 1 heterocycles. The van der Waals surface area contributed by atoms with Crippen LogP contribution in [0.5, 0.6) is 0 Å². The van der Waals surface area contributed by atoms with Gasteiger partial charge in [-0.05, 0) is 12.8 Å². The maximum absolute atomic E-state index is 11.6. The Hall–Kier alpha value is -0.720. The lowest BCUT2D eigenvalue weighted by Gasteiger charge is -2.16. The van der Waals surface area contributed by atoms with Crippen LogP contribution in [0.3, 0.4) is 0 Å². The van der Waals surface area contributed by atoms with Crippen molar-refractivity contribution in [3.05, 3.63) is 11.9 Å². The molecule has 0 aliphatic heterocycles. The molecule has 1 aromatic rings. The van der Waals surface area contributed by atoms with Crippen LogP contribution in [-0.2, 0) is 0 Å². The maximum atomic E-state index is 11.6. The molecule has 19 heavy (non-hydrogen) atoms. The highest BCUT2D eigenvalue weighted by atomic mass is 35.5. The minimum Gasteiger partial charge on any atom is -0.349 e. The summed E-state index contributed by atoms with van der Waals surface area (Å²) in [4.78, 5) is 11.6. The van der Waals surface area contributed by atoms with Crippen molar-refractivity contribution in [2.45, 2.75) is 44.6 Å². The van der Waals surface area contributed by atoms with Gasteiger partial charge in [0.2, 0.25) is 0 Å². The predicted octanol–water partition coefficient (Wildman–Crippen LogP) is 2.00. The van der Waals surface area contributed by atoms with Crippen molar-refractivity contribution < 1.29 is 4.79 Å². The zero-order chi connectivity index (χ0) is 12.6. The number of nitrogens with one attached hydrogen (secondary N) is 2. The highest BCUT2D eigenvalue weighted by Crippen LogP contribution is 2.16. The standard InChI is InChI=1S/C12H20N4OS.ClH/c17-12(11-9-15-18-16-11)14-8-7-13-10-5-3-1-2-4-6-10;/h9-10,13H,1-8H2,(H,14,17);1H. The molecule has 0 spiro atoms. The van der Waals surface area contributed by atoms with Gasteiger partial charge in [-0.1, -0.05) is 25.7 Å². The maximum Gasteiger partial charge on any atom is 0.272 e. The van der Waals surface area contributed by atoms with Gasteiger partial charge < -0.3 is 10.6 Å². The minimum atomic E-state index is -0.133. The Labute approximate surface area is 124 Å². The zero-order valence-electron chi connectivity index (χ0n) is 10.9. The largest absolute Gasteiger partial charge is 0.349 e. The van der Waals surface area contributed by atoms with Crippen molar-refractivity contribution in [3.8, 4) is 0 Å². The summed E-state index contributed by atoms with van der Waals surface area (Å²) in [5.74, 6) is -0.133. The average molecular weight is 305 g/mol. The van der Waals surface area contributed by atoms with E-state index in [-0.39, 0.29) is 18.3 Å². The van der Waals surface area contributed by atoms with E-state index in [4.69, 9.17) is 0 Å². The number of hydrogen-bond acceptors (Lipinski definition) is 5. The van der Waals surface area contributed by atoms with E-state index in [1.165, 1.54) is 44.7 Å². The van der Waals surface area contributed by atoms with Crippen molar-refractivity contribution in [2.75, 3.05) is 13.1 Å². The highest BCUT2D eigenvalue weighted by Gasteiger charge is 2.11. The van der Waals surface area contributed by atoms with E-state index in [9.17, 15) is 4.79 Å². The molecule has 0 saturated heterocycles. The van der Waals surface area contributed by atoms with Crippen LogP contribution in [-0.4, -0.2) is 33.8 Å². The lowest BCUT2D eigenvalue weighted by atomic mass is 10.1. The molecule has 0 bridgehead atoms. The molecular formula is C12H21ClN4OS. The van der Waals surface area contributed by atoms with E-state index in [0.29, 0.717) is 18.3 Å². The third kappa shape index (κ3) is 5.84. The quantitative estimate of drug-likeness (QED) is 0.645. The number of hydrogen-bond donors (Lipinski definition) is 2. The molecule has 1 fully saturated rings. The van der Waals surface area contributed by atoms with Gasteiger partial charge in [0.15, 0.2) is 5.69 Å². The Morgan fingerprint density at radius 3 is 2.63 bits per heavy atom. The number of rotatable bonds is 5. The van der Waals surface area contributed by atoms with Crippen LogP contribution in [0, 0.1) is 0 Å². The number of carbonyl (C=O) groups excluding carboxylic acids is 1. The first-order valence-corrected chi connectivity index (χ1v) is 7.38. The second-order valence-electron chi connectivity index (χ2n) is 4.69. The summed E-state index contributed by atoms with van der Waals surface area (Å²) in [6, 6.07) is 0.630. The number of halogens is 1. The van der Waals surface area contributed by atoms with Gasteiger partial charge >= 0.3 is 0 Å². The van der Waals surface area contributed by atoms with Gasteiger partial charge in [-0.15, -0.1) is 12.4 Å². The van der Waals surface area contributed by atoms with Crippen LogP contribution >= 0.6 is 24.1 Å². The molecule has 0 aromatic carbocycles. The van der Waals surface area contributed by atoms with Crippen molar-refractivity contribution in [2.24, 2.45) is 0 Å². The van der Waals surface area contributed by atoms with Crippen LogP contribution in [0.1, 0.15) is 49.0 Å². The number of aromatic nitrogens is 2. The fourth-order valence-corrected chi connectivity index (χ4v) is 2.70. The van der Waals surface area contributed by atoms with Crippen LogP contribution in [0.4, 0.5) is 0 Å². The molecule has 0 atom stereocenters. The van der Waals surface area contributed by atoms with Gasteiger partial charge in [0.25, 0.3) is 5.91 Å². The topological polar surface area (TPSA) is 66.9 Å². The van der Waals surface area contributed by atoms with Crippen molar-refractivity contribution in [1.29, 1.82) is 0 Å². The fourth-order valence-electron chi connectivity index (χ4n) is 2.29. The van der Waals surface area contributed by atoms with E-state index in [2.05, 4.69) is 19.4 Å². The molecule has 2 N–H and O–H groups in total. The monoisotopic (exact) mass is 304 g/mol. The lowest BCUT2D eigenvalue weighted by Crippen LogP contribution is -2.36. The zero-order valence-corrected chi connectivity index (χ0v) is 12.6. The normalized spacial score (nSPS) is 16.4. The second kappa shape index (κ2) is 9.23. The Morgan fingerprint density at radius 2 is 2.00 bits per heavy atom. The molecule has 7 heteroatoms.